The van der Waals surface area contributed by atoms with E-state index in [4.69, 9.17) is 4.74 Å². The maximum absolute atomic E-state index is 13.9. The van der Waals surface area contributed by atoms with E-state index in [2.05, 4.69) is 0 Å². The van der Waals surface area contributed by atoms with Crippen molar-refractivity contribution in [3.63, 3.8) is 0 Å². The van der Waals surface area contributed by atoms with Crippen LogP contribution in [0.5, 0.6) is 11.5 Å². The van der Waals surface area contributed by atoms with Crippen molar-refractivity contribution in [2.45, 2.75) is 31.9 Å². The summed E-state index contributed by atoms with van der Waals surface area (Å²) >= 11 is 0. The van der Waals surface area contributed by atoms with Crippen LogP contribution in [-0.4, -0.2) is 34.4 Å². The fraction of sp³-hybridized carbons (Fsp3) is 0.182. The van der Waals surface area contributed by atoms with Crippen LogP contribution in [0.25, 0.3) is 32.7 Å². The van der Waals surface area contributed by atoms with E-state index in [9.17, 15) is 15.0 Å². The summed E-state index contributed by atoms with van der Waals surface area (Å²) in [6.45, 7) is 4.23. The molecule has 38 heavy (non-hydrogen) atoms. The lowest BCUT2D eigenvalue weighted by Crippen LogP contribution is -2.50. The third-order valence-corrected chi connectivity index (χ3v) is 7.61. The Labute approximate surface area is 221 Å². The van der Waals surface area contributed by atoms with Crippen LogP contribution in [0.2, 0.25) is 0 Å². The minimum Gasteiger partial charge on any atom is -0.507 e. The molecule has 190 valence electrons. The average Bonchev–Trinajstić information content (AvgIpc) is 3.24. The van der Waals surface area contributed by atoms with E-state index < -0.39 is 17.6 Å². The van der Waals surface area contributed by atoms with E-state index in [0.29, 0.717) is 29.8 Å². The van der Waals surface area contributed by atoms with Gasteiger partial charge in [0.15, 0.2) is 6.04 Å². The Morgan fingerprint density at radius 2 is 1.45 bits per heavy atom. The zero-order chi connectivity index (χ0) is 26.4. The third kappa shape index (κ3) is 4.05. The SMILES string of the molecule is Cc1ccc(N2CC[C@](C)(O)[C@@H]2C(=O)Oc2ccc3ccccc3c2-c2c(O)ccc3ccccc23)cc1. The number of phenolic OH excluding ortho intramolecular Hbond substituents is 1. The molecule has 0 aromatic heterocycles. The van der Waals surface area contributed by atoms with Gasteiger partial charge in [-0.05, 0) is 66.1 Å². The van der Waals surface area contributed by atoms with Crippen LogP contribution in [0.3, 0.4) is 0 Å². The maximum Gasteiger partial charge on any atom is 0.337 e. The predicted molar refractivity (Wildman–Crippen MR) is 152 cm³/mol. The molecular weight excluding hydrogens is 474 g/mol. The van der Waals surface area contributed by atoms with E-state index >= 15 is 0 Å². The molecule has 0 saturated carbocycles. The minimum absolute atomic E-state index is 0.103. The number of anilines is 1. The number of aliphatic hydroxyl groups is 1. The molecule has 1 heterocycles. The first-order valence-electron chi connectivity index (χ1n) is 12.8. The van der Waals surface area contributed by atoms with Crippen molar-refractivity contribution in [3.8, 4) is 22.6 Å². The number of phenols is 1. The Kier molecular flexibility index (Phi) is 5.81. The quantitative estimate of drug-likeness (QED) is 0.213. The molecule has 0 unspecified atom stereocenters. The first-order chi connectivity index (χ1) is 18.3. The Hall–Kier alpha value is -4.35. The molecule has 5 aromatic carbocycles. The lowest BCUT2D eigenvalue weighted by atomic mass is 9.92. The number of hydrogen-bond donors (Lipinski definition) is 2. The molecule has 0 aliphatic carbocycles. The first-order valence-corrected chi connectivity index (χ1v) is 12.8. The smallest absolute Gasteiger partial charge is 0.337 e. The van der Waals surface area contributed by atoms with E-state index in [-0.39, 0.29) is 5.75 Å². The van der Waals surface area contributed by atoms with Gasteiger partial charge >= 0.3 is 5.97 Å². The fourth-order valence-corrected chi connectivity index (χ4v) is 5.63. The molecule has 2 N–H and O–H groups in total. The van der Waals surface area contributed by atoms with E-state index in [1.807, 2.05) is 96.8 Å². The lowest BCUT2D eigenvalue weighted by molar-refractivity contribution is -0.140. The summed E-state index contributed by atoms with van der Waals surface area (Å²) in [6.07, 6.45) is 0.440. The molecule has 6 rings (SSSR count). The van der Waals surface area contributed by atoms with Crippen LogP contribution < -0.4 is 9.64 Å². The van der Waals surface area contributed by atoms with Crippen molar-refractivity contribution in [3.05, 3.63) is 103 Å². The summed E-state index contributed by atoms with van der Waals surface area (Å²) in [4.78, 5) is 15.8. The first kappa shape index (κ1) is 24.0. The number of rotatable bonds is 4. The van der Waals surface area contributed by atoms with Gasteiger partial charge in [-0.1, -0.05) is 78.4 Å². The van der Waals surface area contributed by atoms with Crippen molar-refractivity contribution in [1.82, 2.24) is 0 Å². The standard InChI is InChI=1S/C33H29NO4/c1-21-11-15-24(16-12-21)34-20-19-33(2,37)31(34)32(36)38-28-18-14-23-8-4-6-10-26(23)30(28)29-25-9-5-3-7-22(25)13-17-27(29)35/h3-18,31,35,37H,19-20H2,1-2H3/t31-,33-/m0/s1. The van der Waals surface area contributed by atoms with Gasteiger partial charge < -0.3 is 19.8 Å². The highest BCUT2D eigenvalue weighted by Crippen LogP contribution is 2.45. The molecule has 0 amide bonds. The topological polar surface area (TPSA) is 70.0 Å². The molecule has 1 aliphatic heterocycles. The lowest BCUT2D eigenvalue weighted by Gasteiger charge is -2.31. The Balaban J connectivity index is 1.49. The van der Waals surface area contributed by atoms with Crippen LogP contribution in [-0.2, 0) is 4.79 Å². The number of hydrogen-bond acceptors (Lipinski definition) is 5. The maximum atomic E-state index is 13.9. The van der Waals surface area contributed by atoms with Crippen molar-refractivity contribution >= 4 is 33.2 Å². The Morgan fingerprint density at radius 1 is 0.842 bits per heavy atom. The summed E-state index contributed by atoms with van der Waals surface area (Å²) in [5, 5.41) is 26.0. The number of ether oxygens (including phenoxy) is 1. The third-order valence-electron chi connectivity index (χ3n) is 7.61. The highest BCUT2D eigenvalue weighted by Gasteiger charge is 2.48. The van der Waals surface area contributed by atoms with E-state index in [1.165, 1.54) is 0 Å². The average molecular weight is 504 g/mol. The van der Waals surface area contributed by atoms with Crippen LogP contribution in [0.15, 0.2) is 97.1 Å². The number of carbonyl (C=O) groups is 1. The summed E-state index contributed by atoms with van der Waals surface area (Å²) in [5.41, 5.74) is 1.97. The number of carbonyl (C=O) groups excluding carboxylic acids is 1. The molecule has 1 fully saturated rings. The second-order valence-electron chi connectivity index (χ2n) is 10.3. The molecule has 0 bridgehead atoms. The normalized spacial score (nSPS) is 19.2. The number of aryl methyl sites for hydroxylation is 1. The summed E-state index contributed by atoms with van der Waals surface area (Å²) in [7, 11) is 0. The molecule has 1 aliphatic rings. The van der Waals surface area contributed by atoms with Gasteiger partial charge in [0.1, 0.15) is 11.5 Å². The predicted octanol–water partition coefficient (Wildman–Crippen LogP) is 6.61. The van der Waals surface area contributed by atoms with Crippen molar-refractivity contribution in [2.24, 2.45) is 0 Å². The van der Waals surface area contributed by atoms with Gasteiger partial charge in [0.25, 0.3) is 0 Å². The van der Waals surface area contributed by atoms with Crippen LogP contribution in [0, 0.1) is 6.92 Å². The zero-order valence-electron chi connectivity index (χ0n) is 21.4. The van der Waals surface area contributed by atoms with Gasteiger partial charge in [0.2, 0.25) is 0 Å². The molecule has 5 nitrogen and oxygen atoms in total. The van der Waals surface area contributed by atoms with Gasteiger partial charge in [0.05, 0.1) is 5.60 Å². The minimum atomic E-state index is -1.26. The number of benzene rings is 5. The molecule has 1 saturated heterocycles. The van der Waals surface area contributed by atoms with E-state index in [0.717, 1.165) is 32.8 Å². The largest absolute Gasteiger partial charge is 0.507 e. The van der Waals surface area contributed by atoms with Gasteiger partial charge in [-0.25, -0.2) is 4.79 Å². The number of aromatic hydroxyl groups is 1. The number of fused-ring (bicyclic) bond motifs is 2. The Bertz CT molecular complexity index is 1670. The second kappa shape index (κ2) is 9.19. The highest BCUT2D eigenvalue weighted by molar-refractivity contribution is 6.10. The van der Waals surface area contributed by atoms with Gasteiger partial charge in [-0.2, -0.15) is 0 Å². The van der Waals surface area contributed by atoms with Crippen LogP contribution in [0.1, 0.15) is 18.9 Å². The van der Waals surface area contributed by atoms with Crippen LogP contribution in [0.4, 0.5) is 5.69 Å². The molecule has 5 aromatic rings. The van der Waals surface area contributed by atoms with E-state index in [1.54, 1.807) is 19.1 Å². The zero-order valence-corrected chi connectivity index (χ0v) is 21.4. The summed E-state index contributed by atoms with van der Waals surface area (Å²) < 4.78 is 6.16. The van der Waals surface area contributed by atoms with Gasteiger partial charge in [-0.15, -0.1) is 0 Å². The molecule has 2 atom stereocenters. The fourth-order valence-electron chi connectivity index (χ4n) is 5.63. The number of nitrogens with zero attached hydrogens (tertiary/aromatic N) is 1. The van der Waals surface area contributed by atoms with Crippen molar-refractivity contribution in [1.29, 1.82) is 0 Å². The second-order valence-corrected chi connectivity index (χ2v) is 10.3. The number of esters is 1. The Morgan fingerprint density at radius 3 is 2.13 bits per heavy atom. The summed E-state index contributed by atoms with van der Waals surface area (Å²) in [5.74, 6) is -0.0947. The summed E-state index contributed by atoms with van der Waals surface area (Å²) in [6, 6.07) is 29.9. The van der Waals surface area contributed by atoms with Gasteiger partial charge in [-0.3, -0.25) is 0 Å². The molecule has 5 heteroatoms. The van der Waals surface area contributed by atoms with Crippen LogP contribution >= 0.6 is 0 Å². The molecular formula is C33H29NO4. The molecule has 0 radical (unpaired) electrons. The monoisotopic (exact) mass is 503 g/mol. The van der Waals surface area contributed by atoms with Crippen molar-refractivity contribution < 1.29 is 19.7 Å². The van der Waals surface area contributed by atoms with Gasteiger partial charge in [0, 0.05) is 23.4 Å². The molecule has 0 spiro atoms. The highest BCUT2D eigenvalue weighted by atomic mass is 16.5. The van der Waals surface area contributed by atoms with Crippen molar-refractivity contribution in [2.75, 3.05) is 11.4 Å².